The van der Waals surface area contributed by atoms with Gasteiger partial charge in [-0.15, -0.1) is 5.10 Å². The molecule has 3 N–H and O–H groups in total. The van der Waals surface area contributed by atoms with Crippen molar-refractivity contribution >= 4 is 27.5 Å². The first-order valence-electron chi connectivity index (χ1n) is 5.36. The van der Waals surface area contributed by atoms with Crippen molar-refractivity contribution in [1.82, 2.24) is 20.4 Å². The Morgan fingerprint density at radius 1 is 1.56 bits per heavy atom. The predicted octanol–water partition coefficient (Wildman–Crippen LogP) is 1.98. The monoisotopic (exact) mass is 329 g/mol. The standard InChI is InChI=1S/C11H13BrClN5/c1-18-6-8(16-17-18)5-11(15-14)9-3-2-7(12)4-10(9)13/h2-4,6,11,15H,5,14H2,1H3. The van der Waals surface area contributed by atoms with Gasteiger partial charge in [0.05, 0.1) is 11.7 Å². The number of hydrogen-bond donors (Lipinski definition) is 2. The Bertz CT molecular complexity index is 542. The van der Waals surface area contributed by atoms with Crippen molar-refractivity contribution in [3.8, 4) is 0 Å². The summed E-state index contributed by atoms with van der Waals surface area (Å²) >= 11 is 9.58. The molecule has 0 fully saturated rings. The molecule has 0 bridgehead atoms. The molecular weight excluding hydrogens is 318 g/mol. The number of aromatic nitrogens is 3. The molecule has 0 amide bonds. The van der Waals surface area contributed by atoms with Crippen LogP contribution in [0.1, 0.15) is 17.3 Å². The number of rotatable bonds is 4. The van der Waals surface area contributed by atoms with Crippen LogP contribution >= 0.6 is 27.5 Å². The number of hydrogen-bond acceptors (Lipinski definition) is 4. The second-order valence-corrected chi connectivity index (χ2v) is 5.30. The van der Waals surface area contributed by atoms with Gasteiger partial charge in [0.1, 0.15) is 0 Å². The zero-order valence-electron chi connectivity index (χ0n) is 9.77. The van der Waals surface area contributed by atoms with Gasteiger partial charge in [0.2, 0.25) is 0 Å². The van der Waals surface area contributed by atoms with Crippen molar-refractivity contribution in [2.75, 3.05) is 0 Å². The van der Waals surface area contributed by atoms with Gasteiger partial charge in [-0.2, -0.15) is 0 Å². The zero-order chi connectivity index (χ0) is 13.1. The van der Waals surface area contributed by atoms with Crippen molar-refractivity contribution in [3.63, 3.8) is 0 Å². The summed E-state index contributed by atoms with van der Waals surface area (Å²) in [4.78, 5) is 0. The van der Waals surface area contributed by atoms with E-state index in [1.54, 1.807) is 4.68 Å². The lowest BCUT2D eigenvalue weighted by molar-refractivity contribution is 0.545. The zero-order valence-corrected chi connectivity index (χ0v) is 12.1. The lowest BCUT2D eigenvalue weighted by atomic mass is 10.0. The summed E-state index contributed by atoms with van der Waals surface area (Å²) in [5, 5.41) is 8.60. The molecule has 1 aromatic carbocycles. The summed E-state index contributed by atoms with van der Waals surface area (Å²) in [7, 11) is 1.83. The van der Waals surface area contributed by atoms with E-state index in [0.29, 0.717) is 11.4 Å². The van der Waals surface area contributed by atoms with Crippen molar-refractivity contribution in [2.24, 2.45) is 12.9 Å². The van der Waals surface area contributed by atoms with Crippen LogP contribution in [-0.4, -0.2) is 15.0 Å². The molecule has 1 unspecified atom stereocenters. The van der Waals surface area contributed by atoms with Crippen LogP contribution in [0.2, 0.25) is 5.02 Å². The number of nitrogens with one attached hydrogen (secondary N) is 1. The highest BCUT2D eigenvalue weighted by molar-refractivity contribution is 9.10. The average Bonchev–Trinajstić information content (AvgIpc) is 2.72. The molecule has 7 heteroatoms. The third-order valence-electron chi connectivity index (χ3n) is 2.60. The van der Waals surface area contributed by atoms with E-state index in [9.17, 15) is 0 Å². The van der Waals surface area contributed by atoms with Crippen LogP contribution in [0.15, 0.2) is 28.9 Å². The van der Waals surface area contributed by atoms with Gasteiger partial charge >= 0.3 is 0 Å². The summed E-state index contributed by atoms with van der Waals surface area (Å²) in [5.41, 5.74) is 4.56. The molecule has 2 aromatic rings. The van der Waals surface area contributed by atoms with Crippen LogP contribution in [0.25, 0.3) is 0 Å². The van der Waals surface area contributed by atoms with E-state index < -0.39 is 0 Å². The second kappa shape index (κ2) is 5.79. The molecule has 1 heterocycles. The SMILES string of the molecule is Cn1cc(CC(NN)c2ccc(Br)cc2Cl)nn1. The van der Waals surface area contributed by atoms with Gasteiger partial charge < -0.3 is 0 Å². The van der Waals surface area contributed by atoms with E-state index in [1.165, 1.54) is 0 Å². The van der Waals surface area contributed by atoms with Gasteiger partial charge in [-0.1, -0.05) is 38.8 Å². The fraction of sp³-hybridized carbons (Fsp3) is 0.273. The van der Waals surface area contributed by atoms with E-state index in [1.807, 2.05) is 31.4 Å². The van der Waals surface area contributed by atoms with Crippen LogP contribution in [0.3, 0.4) is 0 Å². The minimum absolute atomic E-state index is 0.0951. The maximum Gasteiger partial charge on any atom is 0.0846 e. The van der Waals surface area contributed by atoms with Crippen molar-refractivity contribution in [1.29, 1.82) is 0 Å². The smallest absolute Gasteiger partial charge is 0.0846 e. The Hall–Kier alpha value is -0.950. The number of nitrogens with two attached hydrogens (primary N) is 1. The molecule has 2 rings (SSSR count). The number of nitrogens with zero attached hydrogens (tertiary/aromatic N) is 3. The highest BCUT2D eigenvalue weighted by Gasteiger charge is 2.15. The lowest BCUT2D eigenvalue weighted by Gasteiger charge is -2.16. The molecule has 1 aromatic heterocycles. The third kappa shape index (κ3) is 3.08. The van der Waals surface area contributed by atoms with E-state index in [2.05, 4.69) is 31.7 Å². The Labute approximate surface area is 118 Å². The predicted molar refractivity (Wildman–Crippen MR) is 73.9 cm³/mol. The molecule has 1 atom stereocenters. The second-order valence-electron chi connectivity index (χ2n) is 3.97. The summed E-state index contributed by atoms with van der Waals surface area (Å²) in [5.74, 6) is 5.59. The molecule has 0 saturated carbocycles. The van der Waals surface area contributed by atoms with Gasteiger partial charge in [0.15, 0.2) is 0 Å². The number of benzene rings is 1. The Kier molecular flexibility index (Phi) is 4.34. The van der Waals surface area contributed by atoms with Gasteiger partial charge in [-0.25, -0.2) is 0 Å². The third-order valence-corrected chi connectivity index (χ3v) is 3.42. The maximum absolute atomic E-state index is 6.21. The molecule has 0 saturated heterocycles. The molecule has 96 valence electrons. The molecule has 5 nitrogen and oxygen atoms in total. The fourth-order valence-corrected chi connectivity index (χ4v) is 2.55. The number of hydrazine groups is 1. The Balaban J connectivity index is 2.22. The molecule has 18 heavy (non-hydrogen) atoms. The van der Waals surface area contributed by atoms with Gasteiger partial charge in [-0.3, -0.25) is 16.0 Å². The molecule has 0 spiro atoms. The molecule has 0 aliphatic carbocycles. The topological polar surface area (TPSA) is 68.8 Å². The average molecular weight is 331 g/mol. The molecule has 0 aliphatic heterocycles. The first-order chi connectivity index (χ1) is 8.60. The summed E-state index contributed by atoms with van der Waals surface area (Å²) < 4.78 is 2.60. The highest BCUT2D eigenvalue weighted by atomic mass is 79.9. The molecule has 0 radical (unpaired) electrons. The largest absolute Gasteiger partial charge is 0.271 e. The summed E-state index contributed by atoms with van der Waals surface area (Å²) in [6.07, 6.45) is 2.49. The molecule has 0 aliphatic rings. The van der Waals surface area contributed by atoms with Crippen molar-refractivity contribution < 1.29 is 0 Å². The van der Waals surface area contributed by atoms with E-state index in [0.717, 1.165) is 15.7 Å². The molecular formula is C11H13BrClN5. The van der Waals surface area contributed by atoms with Gasteiger partial charge in [0.25, 0.3) is 0 Å². The van der Waals surface area contributed by atoms with Gasteiger partial charge in [0, 0.05) is 29.2 Å². The Morgan fingerprint density at radius 3 is 2.89 bits per heavy atom. The lowest BCUT2D eigenvalue weighted by Crippen LogP contribution is -2.29. The van der Waals surface area contributed by atoms with Crippen LogP contribution in [0.4, 0.5) is 0 Å². The number of aryl methyl sites for hydroxylation is 1. The first kappa shape index (κ1) is 13.5. The van der Waals surface area contributed by atoms with Crippen LogP contribution in [0, 0.1) is 0 Å². The Morgan fingerprint density at radius 2 is 2.33 bits per heavy atom. The van der Waals surface area contributed by atoms with E-state index >= 15 is 0 Å². The minimum atomic E-state index is -0.0951. The van der Waals surface area contributed by atoms with E-state index in [-0.39, 0.29) is 6.04 Å². The van der Waals surface area contributed by atoms with Crippen LogP contribution in [-0.2, 0) is 13.5 Å². The highest BCUT2D eigenvalue weighted by Crippen LogP contribution is 2.27. The first-order valence-corrected chi connectivity index (χ1v) is 6.53. The van der Waals surface area contributed by atoms with Crippen molar-refractivity contribution in [3.05, 3.63) is 45.1 Å². The quantitative estimate of drug-likeness (QED) is 0.664. The summed E-state index contributed by atoms with van der Waals surface area (Å²) in [6.45, 7) is 0. The fourth-order valence-electron chi connectivity index (χ4n) is 1.74. The van der Waals surface area contributed by atoms with Crippen LogP contribution in [0.5, 0.6) is 0 Å². The normalized spacial score (nSPS) is 12.7. The summed E-state index contributed by atoms with van der Waals surface area (Å²) in [6, 6.07) is 5.62. The van der Waals surface area contributed by atoms with Crippen LogP contribution < -0.4 is 11.3 Å². The maximum atomic E-state index is 6.21. The number of halogens is 2. The minimum Gasteiger partial charge on any atom is -0.271 e. The van der Waals surface area contributed by atoms with Gasteiger partial charge in [-0.05, 0) is 17.7 Å². The van der Waals surface area contributed by atoms with E-state index in [4.69, 9.17) is 17.4 Å². The van der Waals surface area contributed by atoms with Crippen molar-refractivity contribution in [2.45, 2.75) is 12.5 Å².